The van der Waals surface area contributed by atoms with Crippen LogP contribution in [0.25, 0.3) is 21.9 Å². The van der Waals surface area contributed by atoms with Crippen molar-refractivity contribution in [2.45, 2.75) is 38.5 Å². The summed E-state index contributed by atoms with van der Waals surface area (Å²) in [6.45, 7) is 4.62. The molecule has 1 aliphatic heterocycles. The lowest BCUT2D eigenvalue weighted by Gasteiger charge is -2.37. The molecule has 1 heterocycles. The topological polar surface area (TPSA) is 49.4 Å². The first kappa shape index (κ1) is 29.4. The lowest BCUT2D eigenvalue weighted by Crippen LogP contribution is -2.40. The fourth-order valence-corrected chi connectivity index (χ4v) is 6.59. The van der Waals surface area contributed by atoms with E-state index in [1.165, 1.54) is 16.5 Å². The van der Waals surface area contributed by atoms with Gasteiger partial charge in [0.1, 0.15) is 0 Å². The van der Waals surface area contributed by atoms with Crippen molar-refractivity contribution in [3.63, 3.8) is 0 Å². The average molecular weight is 581 g/mol. The normalized spacial score (nSPS) is 14.3. The molecule has 0 aliphatic carbocycles. The monoisotopic (exact) mass is 580 g/mol. The zero-order valence-corrected chi connectivity index (χ0v) is 25.4. The van der Waals surface area contributed by atoms with E-state index < -0.39 is 0 Å². The van der Waals surface area contributed by atoms with Gasteiger partial charge in [-0.25, -0.2) is 0 Å². The summed E-state index contributed by atoms with van der Waals surface area (Å²) in [5.74, 6) is 0.462. The predicted octanol–water partition coefficient (Wildman–Crippen LogP) is 8.46. The molecule has 44 heavy (non-hydrogen) atoms. The lowest BCUT2D eigenvalue weighted by molar-refractivity contribution is -0.124. The zero-order chi connectivity index (χ0) is 30.3. The molecule has 0 bridgehead atoms. The number of nitrogens with zero attached hydrogens (tertiary/aromatic N) is 1. The Kier molecular flexibility index (Phi) is 9.17. The second-order valence-corrected chi connectivity index (χ2v) is 11.9. The van der Waals surface area contributed by atoms with Crippen molar-refractivity contribution in [3.05, 3.63) is 138 Å². The largest absolute Gasteiger partial charge is 0.372 e. The number of ketones is 1. The Morgan fingerprint density at radius 1 is 0.773 bits per heavy atom. The van der Waals surface area contributed by atoms with Crippen molar-refractivity contribution in [2.24, 2.45) is 5.92 Å². The van der Waals surface area contributed by atoms with Gasteiger partial charge >= 0.3 is 0 Å². The Bertz CT molecular complexity index is 1720. The minimum atomic E-state index is -0.115. The summed E-state index contributed by atoms with van der Waals surface area (Å²) in [5, 5.41) is 5.51. The van der Waals surface area contributed by atoms with Crippen molar-refractivity contribution < 1.29 is 9.59 Å². The highest BCUT2D eigenvalue weighted by Gasteiger charge is 2.32. The molecule has 1 amide bonds. The fourth-order valence-electron chi connectivity index (χ4n) is 6.59. The van der Waals surface area contributed by atoms with Gasteiger partial charge in [0, 0.05) is 37.3 Å². The van der Waals surface area contributed by atoms with E-state index in [0.717, 1.165) is 60.2 Å². The Morgan fingerprint density at radius 2 is 1.45 bits per heavy atom. The number of piperidine rings is 1. The molecule has 0 aromatic heterocycles. The molecule has 4 nitrogen and oxygen atoms in total. The molecule has 6 rings (SSSR count). The Balaban J connectivity index is 1.11. The number of carbonyl (C=O) groups is 2. The van der Waals surface area contributed by atoms with Gasteiger partial charge in [0.15, 0.2) is 5.78 Å². The molecule has 1 unspecified atom stereocenters. The second-order valence-electron chi connectivity index (χ2n) is 11.9. The van der Waals surface area contributed by atoms with Crippen LogP contribution in [-0.4, -0.2) is 31.3 Å². The highest BCUT2D eigenvalue weighted by atomic mass is 16.2. The molecule has 1 N–H and O–H groups in total. The molecule has 4 heteroatoms. The maximum absolute atomic E-state index is 13.6. The summed E-state index contributed by atoms with van der Waals surface area (Å²) in [6.07, 6.45) is 3.22. The number of benzene rings is 5. The minimum Gasteiger partial charge on any atom is -0.372 e. The van der Waals surface area contributed by atoms with Crippen LogP contribution in [0, 0.1) is 5.92 Å². The van der Waals surface area contributed by atoms with Crippen LogP contribution in [-0.2, 0) is 11.2 Å². The van der Waals surface area contributed by atoms with E-state index in [2.05, 4.69) is 83.9 Å². The summed E-state index contributed by atoms with van der Waals surface area (Å²) in [7, 11) is 0. The molecule has 1 saturated heterocycles. The number of Topliss-reactive ketones (excluding diaryl/α,β-unsaturated/α-hetero) is 1. The number of nitrogens with one attached hydrogen (secondary N) is 1. The van der Waals surface area contributed by atoms with Gasteiger partial charge in [-0.1, -0.05) is 110 Å². The Labute approximate surface area is 260 Å². The van der Waals surface area contributed by atoms with E-state index in [0.29, 0.717) is 18.9 Å². The van der Waals surface area contributed by atoms with Crippen LogP contribution in [0.4, 0.5) is 5.69 Å². The fraction of sp³-hybridized carbons (Fsp3) is 0.250. The van der Waals surface area contributed by atoms with E-state index in [1.807, 2.05) is 54.6 Å². The van der Waals surface area contributed by atoms with Crippen LogP contribution >= 0.6 is 0 Å². The summed E-state index contributed by atoms with van der Waals surface area (Å²) >= 11 is 0. The molecule has 1 fully saturated rings. The Morgan fingerprint density at radius 3 is 2.20 bits per heavy atom. The number of carbonyl (C=O) groups excluding carboxylic acids is 2. The molecule has 5 aromatic rings. The van der Waals surface area contributed by atoms with Crippen LogP contribution in [0.2, 0.25) is 0 Å². The zero-order valence-electron chi connectivity index (χ0n) is 25.4. The first-order valence-corrected chi connectivity index (χ1v) is 15.9. The average Bonchev–Trinajstić information content (AvgIpc) is 3.08. The number of anilines is 1. The molecule has 222 valence electrons. The summed E-state index contributed by atoms with van der Waals surface area (Å²) < 4.78 is 0. The molecule has 0 radical (unpaired) electrons. The van der Waals surface area contributed by atoms with Gasteiger partial charge in [-0.15, -0.1) is 0 Å². The third kappa shape index (κ3) is 6.60. The van der Waals surface area contributed by atoms with Crippen LogP contribution in [0.1, 0.15) is 53.6 Å². The highest BCUT2D eigenvalue weighted by Crippen LogP contribution is 2.35. The van der Waals surface area contributed by atoms with Gasteiger partial charge in [0.05, 0.1) is 5.92 Å². The van der Waals surface area contributed by atoms with E-state index in [4.69, 9.17) is 0 Å². The maximum Gasteiger partial charge on any atom is 0.227 e. The van der Waals surface area contributed by atoms with Gasteiger partial charge < -0.3 is 10.2 Å². The van der Waals surface area contributed by atoms with Crippen LogP contribution in [0.15, 0.2) is 121 Å². The summed E-state index contributed by atoms with van der Waals surface area (Å²) in [6, 6.07) is 41.3. The number of rotatable bonds is 10. The Hall–Kier alpha value is -4.70. The van der Waals surface area contributed by atoms with Gasteiger partial charge in [-0.2, -0.15) is 0 Å². The van der Waals surface area contributed by atoms with Crippen molar-refractivity contribution in [2.75, 3.05) is 24.5 Å². The third-order valence-electron chi connectivity index (χ3n) is 8.96. The van der Waals surface area contributed by atoms with Crippen molar-refractivity contribution in [1.82, 2.24) is 5.32 Å². The van der Waals surface area contributed by atoms with Crippen LogP contribution < -0.4 is 10.2 Å². The molecular weight excluding hydrogens is 540 g/mol. The number of fused-ring (bicyclic) bond motifs is 1. The summed E-state index contributed by atoms with van der Waals surface area (Å²) in [4.78, 5) is 29.1. The molecule has 5 aromatic carbocycles. The highest BCUT2D eigenvalue weighted by molar-refractivity contribution is 6.04. The van der Waals surface area contributed by atoms with Crippen molar-refractivity contribution in [1.29, 1.82) is 0 Å². The quantitative estimate of drug-likeness (QED) is 0.169. The van der Waals surface area contributed by atoms with E-state index in [1.54, 1.807) is 0 Å². The van der Waals surface area contributed by atoms with Crippen LogP contribution in [0.5, 0.6) is 0 Å². The SMILES string of the molecule is CCCNC(=O)C(c1ccccc1)C1CCN(c2ccc(CC(=O)c3ccccc3-c3ccc4ccccc4c3)cc2)CC1. The van der Waals surface area contributed by atoms with Gasteiger partial charge in [0.25, 0.3) is 0 Å². The molecule has 1 aliphatic rings. The molecule has 1 atom stereocenters. The molecular formula is C40H40N2O2. The van der Waals surface area contributed by atoms with E-state index >= 15 is 0 Å². The molecule has 0 spiro atoms. The lowest BCUT2D eigenvalue weighted by atomic mass is 9.79. The number of amides is 1. The van der Waals surface area contributed by atoms with Crippen LogP contribution in [0.3, 0.4) is 0 Å². The minimum absolute atomic E-state index is 0.115. The first-order valence-electron chi connectivity index (χ1n) is 15.9. The van der Waals surface area contributed by atoms with Gasteiger partial charge in [-0.3, -0.25) is 9.59 Å². The third-order valence-corrected chi connectivity index (χ3v) is 8.96. The number of hydrogen-bond donors (Lipinski definition) is 1. The number of hydrogen-bond acceptors (Lipinski definition) is 3. The van der Waals surface area contributed by atoms with E-state index in [9.17, 15) is 9.59 Å². The van der Waals surface area contributed by atoms with Crippen molar-refractivity contribution >= 4 is 28.2 Å². The van der Waals surface area contributed by atoms with Crippen molar-refractivity contribution in [3.8, 4) is 11.1 Å². The summed E-state index contributed by atoms with van der Waals surface area (Å²) in [5.41, 5.74) is 6.07. The van der Waals surface area contributed by atoms with Gasteiger partial charge in [0.2, 0.25) is 5.91 Å². The van der Waals surface area contributed by atoms with E-state index in [-0.39, 0.29) is 17.6 Å². The predicted molar refractivity (Wildman–Crippen MR) is 181 cm³/mol. The van der Waals surface area contributed by atoms with Gasteiger partial charge in [-0.05, 0) is 76.4 Å². The molecule has 0 saturated carbocycles. The first-order chi connectivity index (χ1) is 21.6. The second kappa shape index (κ2) is 13.7. The maximum atomic E-state index is 13.6. The standard InChI is InChI=1S/C40H40N2O2/c1-2-24-41-40(44)39(31-11-4-3-5-12-31)32-22-25-42(26-23-32)35-20-16-29(17-21-35)27-38(43)37-15-9-8-14-36(37)34-19-18-30-10-6-7-13-33(30)28-34/h3-21,28,32,39H,2,22-27H2,1H3,(H,41,44). The smallest absolute Gasteiger partial charge is 0.227 e.